The first-order valence-corrected chi connectivity index (χ1v) is 10.1. The molecule has 0 spiro atoms. The summed E-state index contributed by atoms with van der Waals surface area (Å²) < 4.78 is 1.46. The van der Waals surface area contributed by atoms with Crippen LogP contribution in [0.4, 0.5) is 11.5 Å². The first-order chi connectivity index (χ1) is 14.0. The van der Waals surface area contributed by atoms with Crippen molar-refractivity contribution in [2.75, 3.05) is 23.3 Å². The minimum Gasteiger partial charge on any atom is -0.356 e. The first kappa shape index (κ1) is 19.2. The van der Waals surface area contributed by atoms with Crippen molar-refractivity contribution in [1.82, 2.24) is 9.55 Å². The largest absolute Gasteiger partial charge is 0.356 e. The van der Waals surface area contributed by atoms with E-state index < -0.39 is 0 Å². The van der Waals surface area contributed by atoms with Gasteiger partial charge < -0.3 is 10.2 Å². The number of para-hydroxylation sites is 1. The number of carbonyl (C=O) groups excluding carboxylic acids is 1. The summed E-state index contributed by atoms with van der Waals surface area (Å²) in [6.07, 6.45) is 3.43. The van der Waals surface area contributed by atoms with Gasteiger partial charge in [-0.05, 0) is 68.5 Å². The Bertz CT molecular complexity index is 1090. The highest BCUT2D eigenvalue weighted by molar-refractivity contribution is 5.94. The van der Waals surface area contributed by atoms with Gasteiger partial charge in [-0.1, -0.05) is 18.2 Å². The van der Waals surface area contributed by atoms with E-state index in [0.717, 1.165) is 59.5 Å². The summed E-state index contributed by atoms with van der Waals surface area (Å²) in [6.45, 7) is 5.73. The molecule has 2 heterocycles. The first-order valence-electron chi connectivity index (χ1n) is 10.1. The molecule has 1 saturated heterocycles. The number of nitrogens with zero attached hydrogens (tertiary/aromatic N) is 3. The predicted molar refractivity (Wildman–Crippen MR) is 117 cm³/mol. The number of aryl methyl sites for hydroxylation is 2. The SMILES string of the molecule is Cc1cc(C)cc(NC(=O)Cn2c(=O)nc(N3CCCCC3)c3ccccc32)c1. The Balaban J connectivity index is 1.66. The number of benzene rings is 2. The Labute approximate surface area is 170 Å². The van der Waals surface area contributed by atoms with E-state index in [2.05, 4.69) is 21.3 Å². The van der Waals surface area contributed by atoms with E-state index in [9.17, 15) is 9.59 Å². The lowest BCUT2D eigenvalue weighted by atomic mass is 10.1. The maximum Gasteiger partial charge on any atom is 0.350 e. The second kappa shape index (κ2) is 8.07. The number of piperidine rings is 1. The van der Waals surface area contributed by atoms with Gasteiger partial charge in [0.1, 0.15) is 12.4 Å². The van der Waals surface area contributed by atoms with Crippen LogP contribution in [0.15, 0.2) is 47.3 Å². The van der Waals surface area contributed by atoms with Crippen molar-refractivity contribution < 1.29 is 4.79 Å². The maximum absolute atomic E-state index is 12.8. The number of hydrogen-bond acceptors (Lipinski definition) is 4. The Morgan fingerprint density at radius 1 is 1.03 bits per heavy atom. The van der Waals surface area contributed by atoms with Crippen LogP contribution in [0.5, 0.6) is 0 Å². The lowest BCUT2D eigenvalue weighted by Crippen LogP contribution is -2.35. The highest BCUT2D eigenvalue weighted by atomic mass is 16.2. The smallest absolute Gasteiger partial charge is 0.350 e. The van der Waals surface area contributed by atoms with Gasteiger partial charge in [-0.15, -0.1) is 0 Å². The molecule has 1 aromatic heterocycles. The lowest BCUT2D eigenvalue weighted by molar-refractivity contribution is -0.116. The molecule has 0 atom stereocenters. The van der Waals surface area contributed by atoms with Crippen LogP contribution in [0.25, 0.3) is 10.9 Å². The summed E-state index contributed by atoms with van der Waals surface area (Å²) >= 11 is 0. The molecule has 0 unspecified atom stereocenters. The van der Waals surface area contributed by atoms with Crippen LogP contribution in [-0.2, 0) is 11.3 Å². The molecule has 150 valence electrons. The molecule has 0 bridgehead atoms. The van der Waals surface area contributed by atoms with Crippen LogP contribution in [-0.4, -0.2) is 28.5 Å². The molecule has 1 aliphatic heterocycles. The van der Waals surface area contributed by atoms with Gasteiger partial charge >= 0.3 is 5.69 Å². The fourth-order valence-corrected chi connectivity index (χ4v) is 4.10. The number of aromatic nitrogens is 2. The second-order valence-electron chi connectivity index (χ2n) is 7.79. The average Bonchev–Trinajstić information content (AvgIpc) is 2.70. The van der Waals surface area contributed by atoms with Crippen molar-refractivity contribution in [3.05, 3.63) is 64.1 Å². The van der Waals surface area contributed by atoms with Crippen molar-refractivity contribution in [2.24, 2.45) is 0 Å². The van der Waals surface area contributed by atoms with Crippen molar-refractivity contribution >= 4 is 28.3 Å². The molecule has 1 N–H and O–H groups in total. The van der Waals surface area contributed by atoms with E-state index in [1.165, 1.54) is 11.0 Å². The summed E-state index contributed by atoms with van der Waals surface area (Å²) in [6, 6.07) is 13.6. The third-order valence-electron chi connectivity index (χ3n) is 5.33. The Morgan fingerprint density at radius 3 is 2.45 bits per heavy atom. The highest BCUT2D eigenvalue weighted by Crippen LogP contribution is 2.25. The summed E-state index contributed by atoms with van der Waals surface area (Å²) in [5, 5.41) is 3.82. The summed E-state index contributed by atoms with van der Waals surface area (Å²) in [5.41, 5.74) is 3.25. The van der Waals surface area contributed by atoms with Crippen LogP contribution in [0.3, 0.4) is 0 Å². The zero-order chi connectivity index (χ0) is 20.4. The number of hydrogen-bond donors (Lipinski definition) is 1. The topological polar surface area (TPSA) is 67.2 Å². The fourth-order valence-electron chi connectivity index (χ4n) is 4.10. The van der Waals surface area contributed by atoms with Crippen LogP contribution in [0.1, 0.15) is 30.4 Å². The van der Waals surface area contributed by atoms with Gasteiger partial charge in [-0.2, -0.15) is 4.98 Å². The molecular weight excluding hydrogens is 364 g/mol. The minimum absolute atomic E-state index is 0.0698. The summed E-state index contributed by atoms with van der Waals surface area (Å²) in [4.78, 5) is 32.1. The molecule has 6 nitrogen and oxygen atoms in total. The van der Waals surface area contributed by atoms with E-state index in [1.54, 1.807) is 0 Å². The Hall–Kier alpha value is -3.15. The standard InChI is InChI=1S/C23H26N4O2/c1-16-12-17(2)14-18(13-16)24-21(28)15-27-20-9-5-4-8-19(20)22(25-23(27)29)26-10-6-3-7-11-26/h4-5,8-9,12-14H,3,6-7,10-11,15H2,1-2H3,(H,24,28). The Kier molecular flexibility index (Phi) is 5.34. The molecule has 0 radical (unpaired) electrons. The molecule has 6 heteroatoms. The van der Waals surface area contributed by atoms with Crippen molar-refractivity contribution in [2.45, 2.75) is 39.7 Å². The minimum atomic E-state index is -0.389. The molecule has 4 rings (SSSR count). The quantitative estimate of drug-likeness (QED) is 0.739. The van der Waals surface area contributed by atoms with E-state index in [1.807, 2.05) is 50.2 Å². The number of fused-ring (bicyclic) bond motifs is 1. The van der Waals surface area contributed by atoms with Crippen LogP contribution < -0.4 is 15.9 Å². The zero-order valence-electron chi connectivity index (χ0n) is 16.9. The third-order valence-corrected chi connectivity index (χ3v) is 5.33. The van der Waals surface area contributed by atoms with Crippen LogP contribution in [0.2, 0.25) is 0 Å². The third kappa shape index (κ3) is 4.16. The van der Waals surface area contributed by atoms with Crippen molar-refractivity contribution in [3.63, 3.8) is 0 Å². The predicted octanol–water partition coefficient (Wildman–Crippen LogP) is 3.64. The molecule has 0 saturated carbocycles. The van der Waals surface area contributed by atoms with E-state index in [0.29, 0.717) is 0 Å². The molecule has 0 aliphatic carbocycles. The van der Waals surface area contributed by atoms with E-state index in [4.69, 9.17) is 0 Å². The zero-order valence-corrected chi connectivity index (χ0v) is 16.9. The van der Waals surface area contributed by atoms with Crippen LogP contribution >= 0.6 is 0 Å². The maximum atomic E-state index is 12.8. The van der Waals surface area contributed by atoms with Gasteiger partial charge in [0, 0.05) is 24.2 Å². The average molecular weight is 390 g/mol. The Morgan fingerprint density at radius 2 is 1.72 bits per heavy atom. The molecular formula is C23H26N4O2. The summed E-state index contributed by atoms with van der Waals surface area (Å²) in [7, 11) is 0. The number of amides is 1. The van der Waals surface area contributed by atoms with Gasteiger partial charge in [0.2, 0.25) is 5.91 Å². The highest BCUT2D eigenvalue weighted by Gasteiger charge is 2.19. The monoisotopic (exact) mass is 390 g/mol. The van der Waals surface area contributed by atoms with Gasteiger partial charge in [0.15, 0.2) is 0 Å². The number of carbonyl (C=O) groups is 1. The molecule has 3 aromatic rings. The van der Waals surface area contributed by atoms with Gasteiger partial charge in [-0.25, -0.2) is 4.79 Å². The van der Waals surface area contributed by atoms with Gasteiger partial charge in [0.25, 0.3) is 0 Å². The second-order valence-corrected chi connectivity index (χ2v) is 7.79. The summed E-state index contributed by atoms with van der Waals surface area (Å²) in [5.74, 6) is 0.492. The molecule has 29 heavy (non-hydrogen) atoms. The van der Waals surface area contributed by atoms with Crippen molar-refractivity contribution in [1.29, 1.82) is 0 Å². The molecule has 1 aliphatic rings. The van der Waals surface area contributed by atoms with Crippen molar-refractivity contribution in [3.8, 4) is 0 Å². The molecule has 1 amide bonds. The van der Waals surface area contributed by atoms with Gasteiger partial charge in [-0.3, -0.25) is 9.36 Å². The molecule has 1 fully saturated rings. The number of anilines is 2. The van der Waals surface area contributed by atoms with E-state index >= 15 is 0 Å². The number of rotatable bonds is 4. The fraction of sp³-hybridized carbons (Fsp3) is 0.348. The lowest BCUT2D eigenvalue weighted by Gasteiger charge is -2.28. The van der Waals surface area contributed by atoms with Crippen LogP contribution in [0, 0.1) is 13.8 Å². The van der Waals surface area contributed by atoms with E-state index in [-0.39, 0.29) is 18.1 Å². The van der Waals surface area contributed by atoms with Gasteiger partial charge in [0.05, 0.1) is 5.52 Å². The normalized spacial score (nSPS) is 14.2. The number of nitrogens with one attached hydrogen (secondary N) is 1. The molecule has 2 aromatic carbocycles.